The number of morpholine rings is 1. The second-order valence-electron chi connectivity index (χ2n) is 10.0. The van der Waals surface area contributed by atoms with E-state index in [4.69, 9.17) is 9.47 Å². The summed E-state index contributed by atoms with van der Waals surface area (Å²) in [6, 6.07) is 10.7. The minimum absolute atomic E-state index is 0.0565. The molecule has 9 heteroatoms. The normalized spacial score (nSPS) is 25.5. The summed E-state index contributed by atoms with van der Waals surface area (Å²) in [5.41, 5.74) is 1.10. The zero-order chi connectivity index (χ0) is 24.9. The molecule has 0 aliphatic carbocycles. The number of halogens is 2. The van der Waals surface area contributed by atoms with Crippen LogP contribution in [0.4, 0.5) is 14.5 Å². The van der Waals surface area contributed by atoms with E-state index in [9.17, 15) is 18.4 Å². The predicted octanol–water partition coefficient (Wildman–Crippen LogP) is 3.50. The van der Waals surface area contributed by atoms with Gasteiger partial charge in [-0.2, -0.15) is 0 Å². The maximum absolute atomic E-state index is 13.8. The zero-order valence-corrected chi connectivity index (χ0v) is 20.0. The first kappa shape index (κ1) is 23.4. The number of rotatable bonds is 3. The number of piperidine rings is 1. The number of likely N-dealkylation sites (tertiary alicyclic amines) is 1. The lowest BCUT2D eigenvalue weighted by Gasteiger charge is -2.37. The Morgan fingerprint density at radius 1 is 0.944 bits per heavy atom. The first-order valence-corrected chi connectivity index (χ1v) is 12.6. The Hall–Kier alpha value is -3.04. The molecule has 2 aromatic rings. The lowest BCUT2D eigenvalue weighted by molar-refractivity contribution is -0.142. The van der Waals surface area contributed by atoms with Crippen LogP contribution in [0.3, 0.4) is 0 Å². The highest BCUT2D eigenvalue weighted by molar-refractivity contribution is 5.96. The van der Waals surface area contributed by atoms with Crippen molar-refractivity contribution < 1.29 is 27.8 Å². The van der Waals surface area contributed by atoms with Gasteiger partial charge in [-0.25, -0.2) is 8.78 Å². The van der Waals surface area contributed by atoms with E-state index in [0.29, 0.717) is 63.1 Å². The lowest BCUT2D eigenvalue weighted by atomic mass is 9.89. The van der Waals surface area contributed by atoms with Gasteiger partial charge in [-0.05, 0) is 48.7 Å². The van der Waals surface area contributed by atoms with Crippen LogP contribution in [0.1, 0.15) is 47.6 Å². The molecule has 4 fully saturated rings. The highest BCUT2D eigenvalue weighted by atomic mass is 19.1. The molecule has 0 radical (unpaired) electrons. The number of anilines is 1. The molecule has 4 aliphatic rings. The standard InChI is InChI=1S/C27H29F2N3O4/c28-20-14-19(15-21(29)17-20)23-4-5-24-32(23)26(34)27(36-24)6-8-31(9-7-27)25(33)18-2-1-3-22(16-18)30-10-12-35-13-11-30/h1-3,14-17,23-24H,4-13H2. The molecule has 1 spiro atoms. The molecular formula is C27H29F2N3O4. The molecule has 2 atom stereocenters. The molecule has 4 heterocycles. The van der Waals surface area contributed by atoms with Gasteiger partial charge in [-0.3, -0.25) is 9.59 Å². The maximum atomic E-state index is 13.8. The van der Waals surface area contributed by atoms with Crippen molar-refractivity contribution in [3.05, 3.63) is 65.2 Å². The third-order valence-corrected chi connectivity index (χ3v) is 7.92. The van der Waals surface area contributed by atoms with E-state index >= 15 is 0 Å². The fourth-order valence-corrected chi connectivity index (χ4v) is 6.05. The van der Waals surface area contributed by atoms with Crippen LogP contribution in [-0.4, -0.2) is 72.8 Å². The molecule has 2 unspecified atom stereocenters. The summed E-state index contributed by atoms with van der Waals surface area (Å²) in [5, 5.41) is 0. The molecule has 2 aromatic carbocycles. The minimum atomic E-state index is -0.984. The summed E-state index contributed by atoms with van der Waals surface area (Å²) < 4.78 is 39.4. The van der Waals surface area contributed by atoms with E-state index in [1.54, 1.807) is 9.80 Å². The predicted molar refractivity (Wildman–Crippen MR) is 127 cm³/mol. The average Bonchev–Trinajstić information content (AvgIpc) is 3.42. The Bertz CT molecular complexity index is 1160. The molecule has 6 rings (SSSR count). The van der Waals surface area contributed by atoms with E-state index < -0.39 is 29.5 Å². The molecule has 4 saturated heterocycles. The van der Waals surface area contributed by atoms with Gasteiger partial charge in [0.15, 0.2) is 5.60 Å². The van der Waals surface area contributed by atoms with Gasteiger partial charge < -0.3 is 24.2 Å². The number of ether oxygens (including phenoxy) is 2. The molecule has 36 heavy (non-hydrogen) atoms. The number of amides is 2. The summed E-state index contributed by atoms with van der Waals surface area (Å²) in [6.07, 6.45) is 1.61. The summed E-state index contributed by atoms with van der Waals surface area (Å²) in [5.74, 6) is -1.50. The number of carbonyl (C=O) groups excluding carboxylic acids is 2. The number of hydrogen-bond acceptors (Lipinski definition) is 5. The largest absolute Gasteiger partial charge is 0.378 e. The van der Waals surface area contributed by atoms with Crippen LogP contribution in [0.2, 0.25) is 0 Å². The Kier molecular flexibility index (Phi) is 5.92. The molecule has 0 aromatic heterocycles. The molecule has 0 N–H and O–H groups in total. The molecule has 2 amide bonds. The fraction of sp³-hybridized carbons (Fsp3) is 0.481. The van der Waals surface area contributed by atoms with Gasteiger partial charge in [-0.15, -0.1) is 0 Å². The molecule has 0 bridgehead atoms. The Morgan fingerprint density at radius 3 is 2.39 bits per heavy atom. The summed E-state index contributed by atoms with van der Waals surface area (Å²) in [7, 11) is 0. The number of carbonyl (C=O) groups is 2. The highest BCUT2D eigenvalue weighted by Gasteiger charge is 2.58. The van der Waals surface area contributed by atoms with E-state index in [2.05, 4.69) is 4.90 Å². The van der Waals surface area contributed by atoms with Gasteiger partial charge in [0.2, 0.25) is 0 Å². The maximum Gasteiger partial charge on any atom is 0.257 e. The molecule has 7 nitrogen and oxygen atoms in total. The van der Waals surface area contributed by atoms with Crippen molar-refractivity contribution in [2.75, 3.05) is 44.3 Å². The van der Waals surface area contributed by atoms with Crippen LogP contribution in [-0.2, 0) is 14.3 Å². The average molecular weight is 498 g/mol. The first-order chi connectivity index (χ1) is 17.4. The quantitative estimate of drug-likeness (QED) is 0.650. The van der Waals surface area contributed by atoms with E-state index in [-0.39, 0.29) is 11.8 Å². The second kappa shape index (κ2) is 9.12. The van der Waals surface area contributed by atoms with Crippen LogP contribution in [0, 0.1) is 11.6 Å². The molecule has 0 saturated carbocycles. The second-order valence-corrected chi connectivity index (χ2v) is 10.0. The molecule has 4 aliphatic heterocycles. The van der Waals surface area contributed by atoms with Gasteiger partial charge >= 0.3 is 0 Å². The van der Waals surface area contributed by atoms with Crippen molar-refractivity contribution in [2.24, 2.45) is 0 Å². The SMILES string of the molecule is O=C(c1cccc(N2CCOCC2)c1)N1CCC2(CC1)OC1CCC(c3cc(F)cc(F)c3)N1C2=O. The summed E-state index contributed by atoms with van der Waals surface area (Å²) in [6.45, 7) is 3.76. The van der Waals surface area contributed by atoms with Crippen molar-refractivity contribution in [1.82, 2.24) is 9.80 Å². The van der Waals surface area contributed by atoms with Crippen molar-refractivity contribution >= 4 is 17.5 Å². The van der Waals surface area contributed by atoms with Crippen molar-refractivity contribution in [2.45, 2.75) is 43.6 Å². The van der Waals surface area contributed by atoms with Crippen LogP contribution >= 0.6 is 0 Å². The zero-order valence-electron chi connectivity index (χ0n) is 20.0. The minimum Gasteiger partial charge on any atom is -0.378 e. The van der Waals surface area contributed by atoms with Gasteiger partial charge in [0.05, 0.1) is 19.3 Å². The van der Waals surface area contributed by atoms with E-state index in [0.717, 1.165) is 24.8 Å². The van der Waals surface area contributed by atoms with E-state index in [1.807, 2.05) is 24.3 Å². The van der Waals surface area contributed by atoms with Gasteiger partial charge in [0, 0.05) is 56.3 Å². The van der Waals surface area contributed by atoms with Crippen LogP contribution in [0.5, 0.6) is 0 Å². The number of fused-ring (bicyclic) bond motifs is 1. The highest BCUT2D eigenvalue weighted by Crippen LogP contribution is 2.47. The van der Waals surface area contributed by atoms with Crippen LogP contribution in [0.15, 0.2) is 42.5 Å². The monoisotopic (exact) mass is 497 g/mol. The van der Waals surface area contributed by atoms with Crippen LogP contribution < -0.4 is 4.90 Å². The Balaban J connectivity index is 1.14. The molecular weight excluding hydrogens is 468 g/mol. The first-order valence-electron chi connectivity index (χ1n) is 12.6. The topological polar surface area (TPSA) is 62.3 Å². The van der Waals surface area contributed by atoms with Gasteiger partial charge in [0.25, 0.3) is 11.8 Å². The Labute approximate surface area is 208 Å². The molecule has 190 valence electrons. The summed E-state index contributed by atoms with van der Waals surface area (Å²) in [4.78, 5) is 32.5. The van der Waals surface area contributed by atoms with Crippen molar-refractivity contribution in [3.63, 3.8) is 0 Å². The van der Waals surface area contributed by atoms with Crippen molar-refractivity contribution in [3.8, 4) is 0 Å². The van der Waals surface area contributed by atoms with Gasteiger partial charge in [0.1, 0.15) is 17.9 Å². The fourth-order valence-electron chi connectivity index (χ4n) is 6.05. The van der Waals surface area contributed by atoms with E-state index in [1.165, 1.54) is 12.1 Å². The number of benzene rings is 2. The van der Waals surface area contributed by atoms with Crippen LogP contribution in [0.25, 0.3) is 0 Å². The summed E-state index contributed by atoms with van der Waals surface area (Å²) >= 11 is 0. The van der Waals surface area contributed by atoms with Gasteiger partial charge in [-0.1, -0.05) is 6.07 Å². The Morgan fingerprint density at radius 2 is 1.67 bits per heavy atom. The number of nitrogens with zero attached hydrogens (tertiary/aromatic N) is 3. The smallest absolute Gasteiger partial charge is 0.257 e. The third kappa shape index (κ3) is 4.04. The third-order valence-electron chi connectivity index (χ3n) is 7.92. The number of hydrogen-bond donors (Lipinski definition) is 0. The van der Waals surface area contributed by atoms with Crippen molar-refractivity contribution in [1.29, 1.82) is 0 Å². The lowest BCUT2D eigenvalue weighted by Crippen LogP contribution is -2.51.